The number of ether oxygens (including phenoxy) is 2. The number of carbonyl (C=O) groups is 2. The number of benzene rings is 1. The van der Waals surface area contributed by atoms with E-state index in [1.807, 2.05) is 6.92 Å². The maximum absolute atomic E-state index is 14.9. The fourth-order valence-electron chi connectivity index (χ4n) is 3.82. The topological polar surface area (TPSA) is 92.2 Å². The highest BCUT2D eigenvalue weighted by atomic mass is 19.1. The molecule has 2 aromatic rings. The number of amides is 2. The van der Waals surface area contributed by atoms with Crippen LogP contribution in [0.1, 0.15) is 43.1 Å². The van der Waals surface area contributed by atoms with Crippen molar-refractivity contribution in [1.82, 2.24) is 14.8 Å². The molecule has 0 radical (unpaired) electrons. The smallest absolute Gasteiger partial charge is 0.410 e. The van der Waals surface area contributed by atoms with Crippen molar-refractivity contribution in [3.8, 4) is 5.88 Å². The lowest BCUT2D eigenvalue weighted by Gasteiger charge is -2.41. The highest BCUT2D eigenvalue weighted by Crippen LogP contribution is 2.26. The van der Waals surface area contributed by atoms with Crippen LogP contribution < -0.4 is 4.74 Å². The molecule has 174 valence electrons. The Labute approximate surface area is 186 Å². The molecule has 0 aliphatic carbocycles. The van der Waals surface area contributed by atoms with Crippen molar-refractivity contribution in [1.29, 1.82) is 0 Å². The number of hydrogen-bond acceptors (Lipinski definition) is 6. The number of methoxy groups -OCH3 is 1. The van der Waals surface area contributed by atoms with Crippen LogP contribution in [0.15, 0.2) is 18.2 Å². The van der Waals surface area contributed by atoms with E-state index >= 15 is 0 Å². The lowest BCUT2D eigenvalue weighted by atomic mass is 10.0. The number of piperazine rings is 1. The number of aliphatic hydroxyl groups is 1. The van der Waals surface area contributed by atoms with Crippen LogP contribution in [0.25, 0.3) is 10.9 Å². The number of carbonyl (C=O) groups excluding carboxylic acids is 2. The first-order valence-electron chi connectivity index (χ1n) is 10.6. The molecule has 9 heteroatoms. The fraction of sp³-hybridized carbons (Fsp3) is 0.522. The molecule has 1 fully saturated rings. The van der Waals surface area contributed by atoms with Gasteiger partial charge in [0, 0.05) is 37.2 Å². The molecule has 1 N–H and O–H groups in total. The van der Waals surface area contributed by atoms with Crippen LogP contribution in [0, 0.1) is 12.7 Å². The zero-order valence-corrected chi connectivity index (χ0v) is 19.1. The van der Waals surface area contributed by atoms with E-state index in [0.717, 1.165) is 5.56 Å². The third-order valence-electron chi connectivity index (χ3n) is 5.33. The highest BCUT2D eigenvalue weighted by molar-refractivity contribution is 5.98. The zero-order chi connectivity index (χ0) is 23.6. The van der Waals surface area contributed by atoms with E-state index in [2.05, 4.69) is 4.98 Å². The molecule has 1 aliphatic rings. The molecule has 1 aromatic carbocycles. The van der Waals surface area contributed by atoms with Gasteiger partial charge in [0.1, 0.15) is 11.4 Å². The van der Waals surface area contributed by atoms with Crippen molar-refractivity contribution in [2.75, 3.05) is 33.4 Å². The number of rotatable bonds is 4. The Balaban J connectivity index is 1.87. The van der Waals surface area contributed by atoms with E-state index in [-0.39, 0.29) is 38.2 Å². The monoisotopic (exact) mass is 447 g/mol. The minimum Gasteiger partial charge on any atom is -0.481 e. The molecule has 32 heavy (non-hydrogen) atoms. The summed E-state index contributed by atoms with van der Waals surface area (Å²) in [6, 6.07) is 4.00. The first kappa shape index (κ1) is 23.7. The number of hydrogen-bond donors (Lipinski definition) is 1. The summed E-state index contributed by atoms with van der Waals surface area (Å²) in [6.07, 6.45) is -0.220. The highest BCUT2D eigenvalue weighted by Gasteiger charge is 2.35. The summed E-state index contributed by atoms with van der Waals surface area (Å²) >= 11 is 0. The van der Waals surface area contributed by atoms with Crippen LogP contribution in [0.3, 0.4) is 0 Å². The average molecular weight is 448 g/mol. The molecule has 1 aliphatic heterocycles. The van der Waals surface area contributed by atoms with Crippen molar-refractivity contribution in [3.05, 3.63) is 35.1 Å². The average Bonchev–Trinajstić information content (AvgIpc) is 2.71. The second kappa shape index (κ2) is 9.28. The largest absolute Gasteiger partial charge is 0.481 e. The van der Waals surface area contributed by atoms with Crippen molar-refractivity contribution in [3.63, 3.8) is 0 Å². The van der Waals surface area contributed by atoms with E-state index in [0.29, 0.717) is 16.8 Å². The SMILES string of the molecule is COc1nc2cc(C(=O)N3CCN(C(=O)OC(C)(C)C)C[C@@H]3CCO)c(F)cc2cc1C. The van der Waals surface area contributed by atoms with Gasteiger partial charge >= 0.3 is 6.09 Å². The summed E-state index contributed by atoms with van der Waals surface area (Å²) in [5, 5.41) is 10.1. The minimum absolute atomic E-state index is 0.107. The van der Waals surface area contributed by atoms with E-state index < -0.39 is 29.5 Å². The van der Waals surface area contributed by atoms with Gasteiger partial charge in [-0.15, -0.1) is 0 Å². The Bertz CT molecular complexity index is 1020. The molecule has 0 unspecified atom stereocenters. The molecule has 8 nitrogen and oxygen atoms in total. The fourth-order valence-corrected chi connectivity index (χ4v) is 3.82. The van der Waals surface area contributed by atoms with Crippen LogP contribution in [-0.2, 0) is 4.74 Å². The number of aromatic nitrogens is 1. The summed E-state index contributed by atoms with van der Waals surface area (Å²) in [5.41, 5.74) is 0.463. The molecule has 0 spiro atoms. The van der Waals surface area contributed by atoms with Crippen LogP contribution in [0.4, 0.5) is 9.18 Å². The Kier molecular flexibility index (Phi) is 6.88. The van der Waals surface area contributed by atoms with Crippen molar-refractivity contribution in [2.45, 2.75) is 45.8 Å². The molecule has 1 saturated heterocycles. The number of fused-ring (bicyclic) bond motifs is 1. The quantitative estimate of drug-likeness (QED) is 0.774. The summed E-state index contributed by atoms with van der Waals surface area (Å²) in [7, 11) is 1.50. The maximum Gasteiger partial charge on any atom is 0.410 e. The normalized spacial score (nSPS) is 16.9. The van der Waals surface area contributed by atoms with Crippen LogP contribution >= 0.6 is 0 Å². The molecular formula is C23H30FN3O5. The first-order chi connectivity index (χ1) is 15.0. The second-order valence-corrected chi connectivity index (χ2v) is 8.93. The first-order valence-corrected chi connectivity index (χ1v) is 10.6. The molecular weight excluding hydrogens is 417 g/mol. The van der Waals surface area contributed by atoms with Gasteiger partial charge < -0.3 is 24.4 Å². The predicted octanol–water partition coefficient (Wildman–Crippen LogP) is 3.13. The van der Waals surface area contributed by atoms with Gasteiger partial charge in [-0.3, -0.25) is 4.79 Å². The van der Waals surface area contributed by atoms with Gasteiger partial charge in [0.05, 0.1) is 24.2 Å². The van der Waals surface area contributed by atoms with Crippen molar-refractivity contribution < 1.29 is 28.6 Å². The molecule has 0 bridgehead atoms. The Morgan fingerprint density at radius 1 is 1.25 bits per heavy atom. The standard InChI is InChI=1S/C23H30FN3O5/c1-14-10-15-11-18(24)17(12-19(15)25-20(14)31-5)21(29)27-8-7-26(13-16(27)6-9-28)22(30)32-23(2,3)4/h10-12,16,28H,6-9,13H2,1-5H3/t16-/m0/s1. The van der Waals surface area contributed by atoms with Crippen LogP contribution in [-0.4, -0.2) is 76.9 Å². The number of nitrogens with zero attached hydrogens (tertiary/aromatic N) is 3. The molecule has 2 amide bonds. The van der Waals surface area contributed by atoms with E-state index in [4.69, 9.17) is 9.47 Å². The second-order valence-electron chi connectivity index (χ2n) is 8.93. The molecule has 1 aromatic heterocycles. The summed E-state index contributed by atoms with van der Waals surface area (Å²) in [4.78, 5) is 33.1. The van der Waals surface area contributed by atoms with Crippen LogP contribution in [0.2, 0.25) is 0 Å². The molecule has 3 rings (SSSR count). The van der Waals surface area contributed by atoms with Gasteiger partial charge in [0.15, 0.2) is 0 Å². The van der Waals surface area contributed by atoms with Gasteiger partial charge in [-0.1, -0.05) is 0 Å². The lowest BCUT2D eigenvalue weighted by Crippen LogP contribution is -2.57. The predicted molar refractivity (Wildman–Crippen MR) is 117 cm³/mol. The number of pyridine rings is 1. The van der Waals surface area contributed by atoms with Gasteiger partial charge in [-0.05, 0) is 52.3 Å². The Morgan fingerprint density at radius 3 is 2.59 bits per heavy atom. The van der Waals surface area contributed by atoms with Gasteiger partial charge in [-0.2, -0.15) is 0 Å². The lowest BCUT2D eigenvalue weighted by molar-refractivity contribution is 0.00167. The van der Waals surface area contributed by atoms with E-state index in [1.165, 1.54) is 29.0 Å². The number of aliphatic hydroxyl groups excluding tert-OH is 1. The van der Waals surface area contributed by atoms with E-state index in [9.17, 15) is 19.1 Å². The zero-order valence-electron chi connectivity index (χ0n) is 19.1. The minimum atomic E-state index is -0.647. The number of aryl methyl sites for hydroxylation is 1. The molecule has 0 saturated carbocycles. The molecule has 1 atom stereocenters. The van der Waals surface area contributed by atoms with Crippen LogP contribution in [0.5, 0.6) is 5.88 Å². The Hall–Kier alpha value is -2.94. The van der Waals surface area contributed by atoms with E-state index in [1.54, 1.807) is 26.8 Å². The third kappa shape index (κ3) is 5.09. The molecule has 2 heterocycles. The number of halogens is 1. The summed E-state index contributed by atoms with van der Waals surface area (Å²) < 4.78 is 25.6. The maximum atomic E-state index is 14.9. The summed E-state index contributed by atoms with van der Waals surface area (Å²) in [6.45, 7) is 7.63. The van der Waals surface area contributed by atoms with Gasteiger partial charge in [0.25, 0.3) is 5.91 Å². The summed E-state index contributed by atoms with van der Waals surface area (Å²) in [5.74, 6) is -0.745. The van der Waals surface area contributed by atoms with Crippen molar-refractivity contribution in [2.24, 2.45) is 0 Å². The Morgan fingerprint density at radius 2 is 1.97 bits per heavy atom. The third-order valence-corrected chi connectivity index (χ3v) is 5.33. The van der Waals surface area contributed by atoms with Crippen molar-refractivity contribution >= 4 is 22.9 Å². The van der Waals surface area contributed by atoms with Gasteiger partial charge in [-0.25, -0.2) is 14.2 Å². The van der Waals surface area contributed by atoms with Gasteiger partial charge in [0.2, 0.25) is 5.88 Å².